The zero-order valence-corrected chi connectivity index (χ0v) is 8.56. The van der Waals surface area contributed by atoms with Crippen molar-refractivity contribution >= 4 is 6.09 Å². The summed E-state index contributed by atoms with van der Waals surface area (Å²) in [7, 11) is 0. The molecule has 0 aromatic carbocycles. The van der Waals surface area contributed by atoms with Crippen LogP contribution in [0.2, 0.25) is 0 Å². The first-order chi connectivity index (χ1) is 7.24. The Balaban J connectivity index is 2.10. The summed E-state index contributed by atoms with van der Waals surface area (Å²) in [6.45, 7) is 3.98. The number of rotatable bonds is 4. The summed E-state index contributed by atoms with van der Waals surface area (Å²) in [5.74, 6) is 0. The van der Waals surface area contributed by atoms with Crippen LogP contribution in [0.4, 0.5) is 4.79 Å². The molecule has 15 heavy (non-hydrogen) atoms. The average Bonchev–Trinajstić information content (AvgIpc) is 2.25. The van der Waals surface area contributed by atoms with Gasteiger partial charge in [-0.1, -0.05) is 0 Å². The van der Waals surface area contributed by atoms with E-state index in [9.17, 15) is 4.79 Å². The third-order valence-corrected chi connectivity index (χ3v) is 2.36. The van der Waals surface area contributed by atoms with Crippen molar-refractivity contribution in [2.45, 2.75) is 0 Å². The van der Waals surface area contributed by atoms with Gasteiger partial charge in [0.1, 0.15) is 6.61 Å². The highest BCUT2D eigenvalue weighted by atomic mass is 16.5. The van der Waals surface area contributed by atoms with Crippen molar-refractivity contribution < 1.29 is 14.6 Å². The molecule has 1 aliphatic heterocycles. The van der Waals surface area contributed by atoms with Crippen molar-refractivity contribution in [3.63, 3.8) is 0 Å². The fraction of sp³-hybridized carbons (Fsp3) is 0.778. The molecule has 1 N–H and O–H groups in total. The van der Waals surface area contributed by atoms with E-state index >= 15 is 0 Å². The van der Waals surface area contributed by atoms with Crippen LogP contribution in [0.15, 0.2) is 0 Å². The van der Waals surface area contributed by atoms with Crippen LogP contribution in [0.3, 0.4) is 0 Å². The molecule has 0 spiro atoms. The van der Waals surface area contributed by atoms with Crippen molar-refractivity contribution in [1.29, 1.82) is 5.26 Å². The lowest BCUT2D eigenvalue weighted by molar-refractivity contribution is 0.0815. The second-order valence-corrected chi connectivity index (χ2v) is 3.32. The first kappa shape index (κ1) is 11.8. The summed E-state index contributed by atoms with van der Waals surface area (Å²) >= 11 is 0. The minimum absolute atomic E-state index is 0.120. The maximum atomic E-state index is 10.6. The molecule has 0 aliphatic carbocycles. The molecule has 0 aromatic heterocycles. The first-order valence-electron chi connectivity index (χ1n) is 4.89. The van der Waals surface area contributed by atoms with Crippen molar-refractivity contribution in [2.75, 3.05) is 45.9 Å². The molecule has 84 valence electrons. The maximum absolute atomic E-state index is 10.6. The Morgan fingerprint density at radius 3 is 2.60 bits per heavy atom. The van der Waals surface area contributed by atoms with Gasteiger partial charge in [0.05, 0.1) is 12.7 Å². The van der Waals surface area contributed by atoms with Crippen molar-refractivity contribution in [3.8, 4) is 6.07 Å². The number of nitriles is 1. The minimum atomic E-state index is -0.851. The summed E-state index contributed by atoms with van der Waals surface area (Å²) in [5, 5.41) is 17.0. The Labute approximate surface area is 88.6 Å². The molecule has 0 saturated carbocycles. The van der Waals surface area contributed by atoms with Gasteiger partial charge >= 0.3 is 6.09 Å². The van der Waals surface area contributed by atoms with E-state index in [1.54, 1.807) is 0 Å². The minimum Gasteiger partial charge on any atom is -0.465 e. The highest BCUT2D eigenvalue weighted by Crippen LogP contribution is 2.01. The Morgan fingerprint density at radius 1 is 1.40 bits per heavy atom. The third-order valence-electron chi connectivity index (χ3n) is 2.36. The third kappa shape index (κ3) is 4.14. The van der Waals surface area contributed by atoms with E-state index in [-0.39, 0.29) is 6.61 Å². The van der Waals surface area contributed by atoms with Gasteiger partial charge in [-0.15, -0.1) is 0 Å². The predicted molar refractivity (Wildman–Crippen MR) is 52.5 cm³/mol. The van der Waals surface area contributed by atoms with E-state index in [0.29, 0.717) is 19.7 Å². The summed E-state index contributed by atoms with van der Waals surface area (Å²) in [4.78, 5) is 14.2. The highest BCUT2D eigenvalue weighted by Gasteiger charge is 2.19. The molecule has 0 atom stereocenters. The molecule has 0 aromatic rings. The van der Waals surface area contributed by atoms with E-state index in [1.165, 1.54) is 4.90 Å². The summed E-state index contributed by atoms with van der Waals surface area (Å²) in [5.41, 5.74) is 0. The largest absolute Gasteiger partial charge is 0.465 e. The summed E-state index contributed by atoms with van der Waals surface area (Å²) in [6, 6.07) is 1.90. The number of hydrogen-bond donors (Lipinski definition) is 1. The fourth-order valence-electron chi connectivity index (χ4n) is 1.47. The maximum Gasteiger partial charge on any atom is 0.407 e. The van der Waals surface area contributed by atoms with Crippen LogP contribution >= 0.6 is 0 Å². The molecule has 6 nitrogen and oxygen atoms in total. The summed E-state index contributed by atoms with van der Waals surface area (Å²) in [6.07, 6.45) is -0.851. The molecule has 0 bridgehead atoms. The van der Waals surface area contributed by atoms with Crippen LogP contribution in [0.1, 0.15) is 0 Å². The van der Waals surface area contributed by atoms with Crippen LogP contribution in [0.25, 0.3) is 0 Å². The zero-order valence-electron chi connectivity index (χ0n) is 8.56. The Kier molecular flexibility index (Phi) is 4.87. The second-order valence-electron chi connectivity index (χ2n) is 3.32. The number of hydrogen-bond acceptors (Lipinski definition) is 4. The Hall–Kier alpha value is -1.32. The van der Waals surface area contributed by atoms with Gasteiger partial charge in [0.25, 0.3) is 0 Å². The smallest absolute Gasteiger partial charge is 0.407 e. The average molecular weight is 213 g/mol. The predicted octanol–water partition coefficient (Wildman–Crippen LogP) is -0.178. The molecular weight excluding hydrogens is 198 g/mol. The number of nitrogens with zero attached hydrogens (tertiary/aromatic N) is 3. The summed E-state index contributed by atoms with van der Waals surface area (Å²) < 4.78 is 5.03. The van der Waals surface area contributed by atoms with E-state index in [0.717, 1.165) is 19.6 Å². The second kappa shape index (κ2) is 6.22. The first-order valence-corrected chi connectivity index (χ1v) is 4.89. The van der Waals surface area contributed by atoms with Gasteiger partial charge in [0.2, 0.25) is 0 Å². The zero-order chi connectivity index (χ0) is 11.1. The van der Waals surface area contributed by atoms with Crippen LogP contribution in [-0.2, 0) is 4.74 Å². The van der Waals surface area contributed by atoms with Gasteiger partial charge in [0.15, 0.2) is 0 Å². The Morgan fingerprint density at radius 2 is 2.07 bits per heavy atom. The van der Waals surface area contributed by atoms with Crippen molar-refractivity contribution in [1.82, 2.24) is 9.80 Å². The van der Waals surface area contributed by atoms with Crippen molar-refractivity contribution in [3.05, 3.63) is 0 Å². The monoisotopic (exact) mass is 213 g/mol. The number of amides is 1. The molecular formula is C9H15N3O3. The van der Waals surface area contributed by atoms with Gasteiger partial charge in [-0.3, -0.25) is 4.90 Å². The van der Waals surface area contributed by atoms with Crippen LogP contribution in [-0.4, -0.2) is 66.9 Å². The number of piperazine rings is 1. The van der Waals surface area contributed by atoms with Crippen LogP contribution in [0, 0.1) is 11.3 Å². The van der Waals surface area contributed by atoms with Gasteiger partial charge in [-0.2, -0.15) is 5.26 Å². The molecule has 6 heteroatoms. The molecule has 1 rings (SSSR count). The highest BCUT2D eigenvalue weighted by molar-refractivity contribution is 5.65. The molecule has 1 amide bonds. The van der Waals surface area contributed by atoms with Crippen molar-refractivity contribution in [2.24, 2.45) is 0 Å². The number of carboxylic acid groups (broad SMARTS) is 1. The Bertz CT molecular complexity index is 243. The normalized spacial score (nSPS) is 17.4. The number of ether oxygens (including phenoxy) is 1. The van der Waals surface area contributed by atoms with Gasteiger partial charge < -0.3 is 14.7 Å². The number of carbonyl (C=O) groups is 1. The SMILES string of the molecule is N#CCOCCN1CCN(C(=O)O)CC1. The molecule has 1 fully saturated rings. The van der Waals surface area contributed by atoms with E-state index in [4.69, 9.17) is 15.1 Å². The lowest BCUT2D eigenvalue weighted by Crippen LogP contribution is -2.48. The van der Waals surface area contributed by atoms with Gasteiger partial charge in [0, 0.05) is 32.7 Å². The molecule has 0 radical (unpaired) electrons. The van der Waals surface area contributed by atoms with Crippen LogP contribution in [0.5, 0.6) is 0 Å². The topological polar surface area (TPSA) is 76.8 Å². The van der Waals surface area contributed by atoms with E-state index in [1.807, 2.05) is 6.07 Å². The van der Waals surface area contributed by atoms with Gasteiger partial charge in [-0.25, -0.2) is 4.79 Å². The molecule has 1 heterocycles. The molecule has 0 unspecified atom stereocenters. The lowest BCUT2D eigenvalue weighted by atomic mass is 10.3. The van der Waals surface area contributed by atoms with Crippen LogP contribution < -0.4 is 0 Å². The standard InChI is InChI=1S/C9H15N3O3/c10-1-7-15-8-6-11-2-4-12(5-3-11)9(13)14/h2-8H2,(H,13,14). The quantitative estimate of drug-likeness (QED) is 0.656. The van der Waals surface area contributed by atoms with Gasteiger partial charge in [-0.05, 0) is 0 Å². The molecule has 1 aliphatic rings. The lowest BCUT2D eigenvalue weighted by Gasteiger charge is -2.32. The van der Waals surface area contributed by atoms with E-state index < -0.39 is 6.09 Å². The molecule has 1 saturated heterocycles. The van der Waals surface area contributed by atoms with E-state index in [2.05, 4.69) is 4.90 Å². The fourth-order valence-corrected chi connectivity index (χ4v) is 1.47.